The molecule has 0 heterocycles. The first-order valence-electron chi connectivity index (χ1n) is 8.42. The van der Waals surface area contributed by atoms with Crippen molar-refractivity contribution in [3.63, 3.8) is 0 Å². The number of unbranched alkanes of at least 4 members (excludes halogenated alkanes) is 6. The molecule has 0 spiro atoms. The Labute approximate surface area is 142 Å². The van der Waals surface area contributed by atoms with Gasteiger partial charge < -0.3 is 4.74 Å². The highest BCUT2D eigenvalue weighted by Crippen LogP contribution is 2.08. The number of aryl methyl sites for hydroxylation is 1. The van der Waals surface area contributed by atoms with Crippen LogP contribution in [0.25, 0.3) is 0 Å². The first kappa shape index (κ1) is 20.0. The molecule has 0 atom stereocenters. The van der Waals surface area contributed by atoms with Gasteiger partial charge in [-0.3, -0.25) is 4.89 Å². The summed E-state index contributed by atoms with van der Waals surface area (Å²) < 4.78 is 4.80. The van der Waals surface area contributed by atoms with E-state index in [1.807, 2.05) is 13.0 Å². The van der Waals surface area contributed by atoms with Gasteiger partial charge in [0.05, 0.1) is 17.2 Å². The van der Waals surface area contributed by atoms with Crippen LogP contribution in [0.3, 0.4) is 0 Å². The van der Waals surface area contributed by atoms with Crippen LogP contribution in [0.5, 0.6) is 0 Å². The molecule has 0 aromatic heterocycles. The normalized spacial score (nSPS) is 10.2. The van der Waals surface area contributed by atoms with Gasteiger partial charge in [0.2, 0.25) is 0 Å². The Morgan fingerprint density at radius 3 is 2.38 bits per heavy atom. The van der Waals surface area contributed by atoms with Crippen LogP contribution in [0.2, 0.25) is 0 Å². The molecule has 6 heteroatoms. The summed E-state index contributed by atoms with van der Waals surface area (Å²) in [5.74, 6) is -0.751. The zero-order valence-corrected chi connectivity index (χ0v) is 14.4. The maximum absolute atomic E-state index is 11.6. The minimum atomic E-state index is -1.03. The molecule has 0 fully saturated rings. The molecular weight excluding hydrogens is 312 g/mol. The van der Waals surface area contributed by atoms with Gasteiger partial charge in [0, 0.05) is 0 Å². The second kappa shape index (κ2) is 12.4. The molecule has 1 rings (SSSR count). The molecule has 0 unspecified atom stereocenters. The summed E-state index contributed by atoms with van der Waals surface area (Å²) in [6.45, 7) is 4.27. The van der Waals surface area contributed by atoms with Crippen LogP contribution in [-0.4, -0.2) is 18.7 Å². The third kappa shape index (κ3) is 9.15. The summed E-state index contributed by atoms with van der Waals surface area (Å²) in [5.41, 5.74) is 1.20. The molecule has 134 valence electrons. The Morgan fingerprint density at radius 1 is 0.958 bits per heavy atom. The highest BCUT2D eigenvalue weighted by molar-refractivity contribution is 5.89. The van der Waals surface area contributed by atoms with Crippen molar-refractivity contribution in [1.29, 1.82) is 0 Å². The second-order valence-corrected chi connectivity index (χ2v) is 5.61. The number of ether oxygens (including phenoxy) is 1. The van der Waals surface area contributed by atoms with Gasteiger partial charge in [-0.25, -0.2) is 14.5 Å². The van der Waals surface area contributed by atoms with E-state index in [2.05, 4.69) is 21.7 Å². The van der Waals surface area contributed by atoms with E-state index < -0.39 is 12.1 Å². The Kier molecular flexibility index (Phi) is 10.3. The second-order valence-electron chi connectivity index (χ2n) is 5.61. The van der Waals surface area contributed by atoms with Crippen LogP contribution in [0.1, 0.15) is 67.8 Å². The van der Waals surface area contributed by atoms with Crippen LogP contribution in [0.15, 0.2) is 24.3 Å². The van der Waals surface area contributed by atoms with Gasteiger partial charge in [-0.2, -0.15) is 0 Å². The number of rotatable bonds is 11. The predicted octanol–water partition coefficient (Wildman–Crippen LogP) is 4.90. The van der Waals surface area contributed by atoms with E-state index >= 15 is 0 Å². The lowest BCUT2D eigenvalue weighted by molar-refractivity contribution is -0.452. The smallest absolute Gasteiger partial charge is 0.432 e. The predicted molar refractivity (Wildman–Crippen MR) is 88.1 cm³/mol. The van der Waals surface area contributed by atoms with Crippen LogP contribution in [0.4, 0.5) is 4.79 Å². The summed E-state index contributed by atoms with van der Waals surface area (Å²) in [6.07, 6.45) is 6.81. The van der Waals surface area contributed by atoms with Crippen molar-refractivity contribution in [3.05, 3.63) is 35.4 Å². The monoisotopic (exact) mass is 338 g/mol. The van der Waals surface area contributed by atoms with E-state index in [4.69, 9.17) is 4.74 Å². The summed E-state index contributed by atoms with van der Waals surface area (Å²) in [6, 6.07) is 6.75. The third-order valence-corrected chi connectivity index (χ3v) is 3.43. The average molecular weight is 338 g/mol. The van der Waals surface area contributed by atoms with Crippen LogP contribution >= 0.6 is 0 Å². The van der Waals surface area contributed by atoms with Gasteiger partial charge in [-0.15, -0.1) is 0 Å². The molecule has 0 aliphatic carbocycles. The van der Waals surface area contributed by atoms with Gasteiger partial charge in [0.25, 0.3) is 0 Å². The minimum Gasteiger partial charge on any atom is -0.432 e. The summed E-state index contributed by atoms with van der Waals surface area (Å²) >= 11 is 0. The van der Waals surface area contributed by atoms with Crippen LogP contribution in [0, 0.1) is 6.92 Å². The van der Waals surface area contributed by atoms with Crippen molar-refractivity contribution < 1.29 is 29.1 Å². The molecule has 0 saturated heterocycles. The molecule has 6 nitrogen and oxygen atoms in total. The molecule has 0 saturated carbocycles. The maximum atomic E-state index is 11.6. The molecule has 0 radical (unpaired) electrons. The first-order valence-corrected chi connectivity index (χ1v) is 8.42. The molecule has 0 N–H and O–H groups in total. The van der Waals surface area contributed by atoms with Crippen molar-refractivity contribution in [1.82, 2.24) is 0 Å². The Hall–Kier alpha value is -2.08. The molecule has 0 bridgehead atoms. The van der Waals surface area contributed by atoms with E-state index in [0.29, 0.717) is 5.56 Å². The standard InChI is InChI=1S/C18H26O6/c1-3-4-5-6-7-8-9-13-21-18(20)23-24-22-17(19)16-12-10-11-15(2)14-16/h10-12,14H,3-9,13H2,1-2H3. The quantitative estimate of drug-likeness (QED) is 0.247. The lowest BCUT2D eigenvalue weighted by Crippen LogP contribution is -2.12. The third-order valence-electron chi connectivity index (χ3n) is 3.43. The minimum absolute atomic E-state index is 0.252. The van der Waals surface area contributed by atoms with E-state index in [1.54, 1.807) is 18.2 Å². The Morgan fingerprint density at radius 2 is 1.67 bits per heavy atom. The molecule has 0 amide bonds. The largest absolute Gasteiger partial charge is 0.543 e. The number of hydrogen-bond donors (Lipinski definition) is 0. The molecule has 0 aliphatic rings. The zero-order chi connectivity index (χ0) is 17.6. The SMILES string of the molecule is CCCCCCCCCOC(=O)OOOC(=O)c1cccc(C)c1. The van der Waals surface area contributed by atoms with E-state index in [1.165, 1.54) is 25.7 Å². The van der Waals surface area contributed by atoms with Crippen LogP contribution in [-0.2, 0) is 19.6 Å². The number of hydrogen-bond acceptors (Lipinski definition) is 6. The fraction of sp³-hybridized carbons (Fsp3) is 0.556. The Bertz CT molecular complexity index is 500. The van der Waals surface area contributed by atoms with Gasteiger partial charge in [-0.1, -0.05) is 63.1 Å². The lowest BCUT2D eigenvalue weighted by atomic mass is 10.1. The first-order chi connectivity index (χ1) is 11.6. The zero-order valence-electron chi connectivity index (χ0n) is 14.4. The summed E-state index contributed by atoms with van der Waals surface area (Å²) in [4.78, 5) is 31.4. The lowest BCUT2D eigenvalue weighted by Gasteiger charge is -2.04. The average Bonchev–Trinajstić information content (AvgIpc) is 2.57. The molecule has 0 aliphatic heterocycles. The fourth-order valence-electron chi connectivity index (χ4n) is 2.13. The molecular formula is C18H26O6. The highest BCUT2D eigenvalue weighted by atomic mass is 17.5. The number of carbonyl (C=O) groups is 2. The van der Waals surface area contributed by atoms with Gasteiger partial charge in [0.15, 0.2) is 0 Å². The van der Waals surface area contributed by atoms with Crippen molar-refractivity contribution in [2.45, 2.75) is 58.8 Å². The topological polar surface area (TPSA) is 71.1 Å². The maximum Gasteiger partial charge on any atom is 0.543 e. The fourth-order valence-corrected chi connectivity index (χ4v) is 2.13. The van der Waals surface area contributed by atoms with E-state index in [9.17, 15) is 9.59 Å². The van der Waals surface area contributed by atoms with Crippen molar-refractivity contribution in [2.75, 3.05) is 6.61 Å². The van der Waals surface area contributed by atoms with Crippen molar-refractivity contribution in [2.24, 2.45) is 0 Å². The number of carbonyl (C=O) groups excluding carboxylic acids is 2. The van der Waals surface area contributed by atoms with Crippen LogP contribution < -0.4 is 0 Å². The van der Waals surface area contributed by atoms with Gasteiger partial charge in [0.1, 0.15) is 0 Å². The Balaban J connectivity index is 2.03. The summed E-state index contributed by atoms with van der Waals surface area (Å²) in [5, 5.41) is 4.15. The van der Waals surface area contributed by atoms with E-state index in [0.717, 1.165) is 24.8 Å². The number of benzene rings is 1. The molecule has 1 aromatic carbocycles. The molecule has 24 heavy (non-hydrogen) atoms. The van der Waals surface area contributed by atoms with E-state index in [-0.39, 0.29) is 6.61 Å². The van der Waals surface area contributed by atoms with Gasteiger partial charge in [-0.05, 0) is 25.5 Å². The highest BCUT2D eigenvalue weighted by Gasteiger charge is 2.12. The van der Waals surface area contributed by atoms with Crippen molar-refractivity contribution in [3.8, 4) is 0 Å². The van der Waals surface area contributed by atoms with Gasteiger partial charge >= 0.3 is 12.1 Å². The summed E-state index contributed by atoms with van der Waals surface area (Å²) in [7, 11) is 0. The molecule has 1 aromatic rings. The van der Waals surface area contributed by atoms with Crippen molar-refractivity contribution >= 4 is 12.1 Å².